The highest BCUT2D eigenvalue weighted by Gasteiger charge is 2.24. The number of alkyl halides is 1. The van der Waals surface area contributed by atoms with Gasteiger partial charge in [0.25, 0.3) is 0 Å². The lowest BCUT2D eigenvalue weighted by Crippen LogP contribution is -2.15. The summed E-state index contributed by atoms with van der Waals surface area (Å²) >= 11 is 12.8. The maximum absolute atomic E-state index is 3.86. The number of hydrogen-bond donors (Lipinski definition) is 0. The van der Waals surface area contributed by atoms with Crippen LogP contribution < -0.4 is 0 Å². The van der Waals surface area contributed by atoms with Gasteiger partial charge in [0.05, 0.1) is 12.4 Å². The number of benzene rings is 1. The van der Waals surface area contributed by atoms with Crippen LogP contribution in [0.15, 0.2) is 37.9 Å². The van der Waals surface area contributed by atoms with Gasteiger partial charge in [0.2, 0.25) is 0 Å². The second-order valence-corrected chi connectivity index (χ2v) is 10.1. The summed E-state index contributed by atoms with van der Waals surface area (Å²) in [5, 5.41) is 0. The first kappa shape index (κ1) is 15.7. The van der Waals surface area contributed by atoms with Gasteiger partial charge in [-0.25, -0.2) is 0 Å². The highest BCUT2D eigenvalue weighted by Crippen LogP contribution is 2.44. The van der Waals surface area contributed by atoms with Gasteiger partial charge in [-0.3, -0.25) is 0 Å². The van der Waals surface area contributed by atoms with Gasteiger partial charge in [-0.1, -0.05) is 61.0 Å². The van der Waals surface area contributed by atoms with E-state index < -0.39 is 0 Å². The highest BCUT2D eigenvalue weighted by molar-refractivity contribution is 9.12. The summed E-state index contributed by atoms with van der Waals surface area (Å²) in [5.74, 6) is 0. The van der Waals surface area contributed by atoms with E-state index in [0.29, 0.717) is 0 Å². The van der Waals surface area contributed by atoms with Crippen molar-refractivity contribution in [2.75, 3.05) is 0 Å². The minimum atomic E-state index is 0.141. The quantitative estimate of drug-likeness (QED) is 0.416. The Morgan fingerprint density at radius 2 is 1.68 bits per heavy atom. The first-order chi connectivity index (χ1) is 8.80. The molecule has 2 aromatic rings. The fraction of sp³-hybridized carbons (Fsp3) is 0.333. The molecule has 0 amide bonds. The Hall–Kier alpha value is 0.360. The molecule has 19 heavy (non-hydrogen) atoms. The van der Waals surface area contributed by atoms with Crippen LogP contribution in [-0.4, -0.2) is 0 Å². The lowest BCUT2D eigenvalue weighted by atomic mass is 9.82. The van der Waals surface area contributed by atoms with E-state index in [1.165, 1.54) is 20.5 Å². The van der Waals surface area contributed by atoms with E-state index >= 15 is 0 Å². The first-order valence-electron chi connectivity index (χ1n) is 5.99. The number of halogens is 3. The summed E-state index contributed by atoms with van der Waals surface area (Å²) in [4.78, 5) is 0.208. The Morgan fingerprint density at radius 1 is 1.05 bits per heavy atom. The predicted molar refractivity (Wildman–Crippen MR) is 95.6 cm³/mol. The van der Waals surface area contributed by atoms with E-state index in [0.717, 1.165) is 3.79 Å². The van der Waals surface area contributed by atoms with Crippen molar-refractivity contribution in [1.82, 2.24) is 0 Å². The zero-order valence-corrected chi connectivity index (χ0v) is 16.6. The van der Waals surface area contributed by atoms with Crippen molar-refractivity contribution in [3.8, 4) is 0 Å². The highest BCUT2D eigenvalue weighted by atomic mass is 79.9. The van der Waals surface area contributed by atoms with Crippen molar-refractivity contribution in [3.05, 3.63) is 54.6 Å². The van der Waals surface area contributed by atoms with Crippen LogP contribution in [0.25, 0.3) is 0 Å². The summed E-state index contributed by atoms with van der Waals surface area (Å²) in [5.41, 5.74) is 4.13. The van der Waals surface area contributed by atoms with Gasteiger partial charge >= 0.3 is 0 Å². The van der Waals surface area contributed by atoms with E-state index in [4.69, 9.17) is 0 Å². The molecule has 2 rings (SSSR count). The molecule has 1 aromatic heterocycles. The second-order valence-electron chi connectivity index (χ2n) is 5.48. The van der Waals surface area contributed by atoms with Gasteiger partial charge in [0.15, 0.2) is 0 Å². The fourth-order valence-electron chi connectivity index (χ4n) is 2.09. The van der Waals surface area contributed by atoms with E-state index in [1.54, 1.807) is 11.3 Å². The number of thiophene rings is 1. The average Bonchev–Trinajstić information content (AvgIpc) is 2.66. The van der Waals surface area contributed by atoms with Crippen molar-refractivity contribution < 1.29 is 0 Å². The van der Waals surface area contributed by atoms with Crippen LogP contribution in [0, 0.1) is 0 Å². The Balaban J connectivity index is 2.50. The Kier molecular flexibility index (Phi) is 4.97. The van der Waals surface area contributed by atoms with Gasteiger partial charge in [0, 0.05) is 0 Å². The first-order valence-corrected chi connectivity index (χ1v) is 9.30. The molecule has 0 saturated heterocycles. The van der Waals surface area contributed by atoms with Crippen LogP contribution in [0.1, 0.15) is 42.3 Å². The molecule has 0 aliphatic heterocycles. The van der Waals surface area contributed by atoms with Crippen LogP contribution in [0.4, 0.5) is 0 Å². The molecule has 0 saturated carbocycles. The van der Waals surface area contributed by atoms with Gasteiger partial charge in [-0.2, -0.15) is 0 Å². The summed E-state index contributed by atoms with van der Waals surface area (Å²) in [6, 6.07) is 10.8. The SMILES string of the molecule is CC(C)(C)c1ccccc1C(Br)c1cc(Br)sc1Br. The molecular formula is C15H15Br3S. The molecule has 0 radical (unpaired) electrons. The fourth-order valence-corrected chi connectivity index (χ4v) is 6.22. The third kappa shape index (κ3) is 3.52. The Labute approximate surface area is 144 Å². The minimum Gasteiger partial charge on any atom is -0.121 e. The van der Waals surface area contributed by atoms with Crippen LogP contribution >= 0.6 is 59.1 Å². The number of rotatable bonds is 2. The topological polar surface area (TPSA) is 0 Å². The normalized spacial score (nSPS) is 13.6. The monoisotopic (exact) mass is 464 g/mol. The molecule has 0 aliphatic carbocycles. The molecule has 0 fully saturated rings. The maximum atomic E-state index is 3.86. The average molecular weight is 467 g/mol. The summed E-state index contributed by atoms with van der Waals surface area (Å²) < 4.78 is 2.32. The molecule has 1 unspecified atom stereocenters. The molecule has 4 heteroatoms. The van der Waals surface area contributed by atoms with Crippen molar-refractivity contribution in [2.45, 2.75) is 31.0 Å². The molecule has 0 nitrogen and oxygen atoms in total. The molecule has 1 aromatic carbocycles. The zero-order valence-electron chi connectivity index (χ0n) is 11.0. The lowest BCUT2D eigenvalue weighted by Gasteiger charge is -2.25. The van der Waals surface area contributed by atoms with Crippen LogP contribution in [0.3, 0.4) is 0 Å². The molecule has 1 heterocycles. The van der Waals surface area contributed by atoms with E-state index in [9.17, 15) is 0 Å². The zero-order chi connectivity index (χ0) is 14.2. The maximum Gasteiger partial charge on any atom is 0.0757 e. The summed E-state index contributed by atoms with van der Waals surface area (Å²) in [6.07, 6.45) is 0. The molecule has 0 N–H and O–H groups in total. The standard InChI is InChI=1S/C15H15Br3S/c1-15(2,3)11-7-5-4-6-9(11)13(17)10-8-12(16)19-14(10)18/h4-8,13H,1-3H3. The smallest absolute Gasteiger partial charge is 0.0757 e. The number of hydrogen-bond acceptors (Lipinski definition) is 1. The summed E-state index contributed by atoms with van der Waals surface area (Å²) in [7, 11) is 0. The van der Waals surface area contributed by atoms with Crippen molar-refractivity contribution in [1.29, 1.82) is 0 Å². The summed E-state index contributed by atoms with van der Waals surface area (Å²) in [6.45, 7) is 6.76. The largest absolute Gasteiger partial charge is 0.121 e. The molecule has 0 spiro atoms. The van der Waals surface area contributed by atoms with Gasteiger partial charge in [-0.05, 0) is 60.0 Å². The Bertz CT molecular complexity index is 581. The van der Waals surface area contributed by atoms with Gasteiger partial charge < -0.3 is 0 Å². The molecule has 0 bridgehead atoms. The van der Waals surface area contributed by atoms with Crippen LogP contribution in [0.2, 0.25) is 0 Å². The Morgan fingerprint density at radius 3 is 2.21 bits per heavy atom. The van der Waals surface area contributed by atoms with Crippen molar-refractivity contribution in [3.63, 3.8) is 0 Å². The molecule has 0 aliphatic rings. The molecular weight excluding hydrogens is 452 g/mol. The predicted octanol–water partition coefficient (Wildman–Crippen LogP) is 7.05. The minimum absolute atomic E-state index is 0.141. The van der Waals surface area contributed by atoms with Crippen LogP contribution in [0.5, 0.6) is 0 Å². The second kappa shape index (κ2) is 6.00. The van der Waals surface area contributed by atoms with Gasteiger partial charge in [0.1, 0.15) is 0 Å². The van der Waals surface area contributed by atoms with Crippen molar-refractivity contribution in [2.24, 2.45) is 0 Å². The molecule has 102 valence electrons. The third-order valence-electron chi connectivity index (χ3n) is 3.00. The van der Waals surface area contributed by atoms with Crippen molar-refractivity contribution >= 4 is 59.1 Å². The van der Waals surface area contributed by atoms with E-state index in [-0.39, 0.29) is 10.2 Å². The third-order valence-corrected chi connectivity index (χ3v) is 6.37. The van der Waals surface area contributed by atoms with E-state index in [2.05, 4.69) is 98.9 Å². The van der Waals surface area contributed by atoms with E-state index in [1.807, 2.05) is 0 Å². The molecule has 1 atom stereocenters. The van der Waals surface area contributed by atoms with Crippen LogP contribution in [-0.2, 0) is 5.41 Å². The van der Waals surface area contributed by atoms with Gasteiger partial charge in [-0.15, -0.1) is 11.3 Å². The lowest BCUT2D eigenvalue weighted by molar-refractivity contribution is 0.584.